The maximum atomic E-state index is 11.9. The van der Waals surface area contributed by atoms with Crippen molar-refractivity contribution in [2.75, 3.05) is 7.05 Å². The molecule has 0 radical (unpaired) electrons. The highest BCUT2D eigenvalue weighted by atomic mass is 16.2. The minimum atomic E-state index is 0.141. The van der Waals surface area contributed by atoms with Crippen LogP contribution < -0.4 is 0 Å². The van der Waals surface area contributed by atoms with Crippen LogP contribution in [0.3, 0.4) is 0 Å². The van der Waals surface area contributed by atoms with Gasteiger partial charge in [-0.3, -0.25) is 9.89 Å². The molecule has 0 aliphatic heterocycles. The molecule has 0 saturated carbocycles. The Morgan fingerprint density at radius 2 is 2.06 bits per heavy atom. The zero-order chi connectivity index (χ0) is 13.1. The first kappa shape index (κ1) is 13.7. The Hall–Kier alpha value is -1.39. The standard InChI is InChI=1S/C12H22N4O/c1-9-13-10(15-14-9)8-16(5)11(17)6-7-12(2,3)4/h6-8H2,1-5H3,(H,13,14,15). The van der Waals surface area contributed by atoms with Gasteiger partial charge < -0.3 is 4.90 Å². The molecular weight excluding hydrogens is 216 g/mol. The molecule has 1 N–H and O–H groups in total. The summed E-state index contributed by atoms with van der Waals surface area (Å²) in [5.74, 6) is 1.58. The fourth-order valence-electron chi connectivity index (χ4n) is 1.43. The molecular formula is C12H22N4O. The second-order valence-corrected chi connectivity index (χ2v) is 5.65. The number of aromatic amines is 1. The van der Waals surface area contributed by atoms with Crippen LogP contribution in [-0.2, 0) is 11.3 Å². The maximum Gasteiger partial charge on any atom is 0.222 e. The Morgan fingerprint density at radius 1 is 1.41 bits per heavy atom. The van der Waals surface area contributed by atoms with Gasteiger partial charge in [0.25, 0.3) is 0 Å². The van der Waals surface area contributed by atoms with Crippen LogP contribution >= 0.6 is 0 Å². The summed E-state index contributed by atoms with van der Waals surface area (Å²) in [6.07, 6.45) is 1.46. The van der Waals surface area contributed by atoms with Gasteiger partial charge in [0.15, 0.2) is 5.82 Å². The first-order valence-electron chi connectivity index (χ1n) is 5.90. The van der Waals surface area contributed by atoms with Gasteiger partial charge in [-0.2, -0.15) is 5.10 Å². The predicted octanol–water partition coefficient (Wildman–Crippen LogP) is 1.90. The number of rotatable bonds is 4. The minimum absolute atomic E-state index is 0.141. The van der Waals surface area contributed by atoms with Crippen LogP contribution in [0.15, 0.2) is 0 Å². The van der Waals surface area contributed by atoms with Crippen molar-refractivity contribution < 1.29 is 4.79 Å². The fraction of sp³-hybridized carbons (Fsp3) is 0.750. The topological polar surface area (TPSA) is 61.9 Å². The predicted molar refractivity (Wildman–Crippen MR) is 66.3 cm³/mol. The largest absolute Gasteiger partial charge is 0.338 e. The van der Waals surface area contributed by atoms with Crippen LogP contribution in [0.4, 0.5) is 0 Å². The Bertz CT molecular complexity index is 378. The lowest BCUT2D eigenvalue weighted by molar-refractivity contribution is -0.131. The highest BCUT2D eigenvalue weighted by Gasteiger charge is 2.16. The molecule has 0 unspecified atom stereocenters. The quantitative estimate of drug-likeness (QED) is 0.871. The van der Waals surface area contributed by atoms with Crippen LogP contribution in [0.1, 0.15) is 45.3 Å². The van der Waals surface area contributed by atoms with E-state index in [0.29, 0.717) is 18.8 Å². The summed E-state index contributed by atoms with van der Waals surface area (Å²) in [6, 6.07) is 0. The molecule has 0 atom stereocenters. The van der Waals surface area contributed by atoms with Gasteiger partial charge in [0.1, 0.15) is 5.82 Å². The Kier molecular flexibility index (Phi) is 4.26. The zero-order valence-corrected chi connectivity index (χ0v) is 11.4. The lowest BCUT2D eigenvalue weighted by Crippen LogP contribution is -2.27. The molecule has 1 aromatic rings. The molecule has 0 aliphatic rings. The molecule has 1 aromatic heterocycles. The van der Waals surface area contributed by atoms with Gasteiger partial charge >= 0.3 is 0 Å². The third kappa shape index (κ3) is 4.97. The first-order valence-corrected chi connectivity index (χ1v) is 5.90. The molecule has 96 valence electrons. The number of nitrogens with one attached hydrogen (secondary N) is 1. The Balaban J connectivity index is 2.42. The molecule has 17 heavy (non-hydrogen) atoms. The second kappa shape index (κ2) is 5.29. The van der Waals surface area contributed by atoms with Crippen molar-refractivity contribution in [2.45, 2.75) is 47.1 Å². The van der Waals surface area contributed by atoms with Crippen LogP contribution in [0.25, 0.3) is 0 Å². The van der Waals surface area contributed by atoms with E-state index in [1.165, 1.54) is 0 Å². The van der Waals surface area contributed by atoms with E-state index in [1.807, 2.05) is 6.92 Å². The second-order valence-electron chi connectivity index (χ2n) is 5.65. The van der Waals surface area contributed by atoms with Crippen molar-refractivity contribution in [3.05, 3.63) is 11.6 Å². The molecule has 0 aliphatic carbocycles. The highest BCUT2D eigenvalue weighted by Crippen LogP contribution is 2.21. The molecule has 1 heterocycles. The summed E-state index contributed by atoms with van der Waals surface area (Å²) < 4.78 is 0. The Labute approximate surface area is 103 Å². The number of nitrogens with zero attached hydrogens (tertiary/aromatic N) is 3. The van der Waals surface area contributed by atoms with Crippen molar-refractivity contribution >= 4 is 5.91 Å². The summed E-state index contributed by atoms with van der Waals surface area (Å²) in [7, 11) is 1.79. The fourth-order valence-corrected chi connectivity index (χ4v) is 1.43. The minimum Gasteiger partial charge on any atom is -0.338 e. The molecule has 0 spiro atoms. The van der Waals surface area contributed by atoms with Crippen molar-refractivity contribution in [1.29, 1.82) is 0 Å². The molecule has 0 saturated heterocycles. The summed E-state index contributed by atoms with van der Waals surface area (Å²) in [4.78, 5) is 17.7. The lowest BCUT2D eigenvalue weighted by Gasteiger charge is -2.20. The number of aromatic nitrogens is 3. The van der Waals surface area contributed by atoms with Crippen molar-refractivity contribution in [3.63, 3.8) is 0 Å². The van der Waals surface area contributed by atoms with Crippen LogP contribution in [-0.4, -0.2) is 33.0 Å². The molecule has 1 rings (SSSR count). The third-order valence-electron chi connectivity index (χ3n) is 2.54. The van der Waals surface area contributed by atoms with Crippen molar-refractivity contribution in [3.8, 4) is 0 Å². The van der Waals surface area contributed by atoms with E-state index in [9.17, 15) is 4.79 Å². The smallest absolute Gasteiger partial charge is 0.222 e. The van der Waals surface area contributed by atoms with Gasteiger partial charge in [-0.05, 0) is 18.8 Å². The monoisotopic (exact) mass is 238 g/mol. The van der Waals surface area contributed by atoms with E-state index < -0.39 is 0 Å². The Morgan fingerprint density at radius 3 is 2.53 bits per heavy atom. The normalized spacial score (nSPS) is 11.6. The van der Waals surface area contributed by atoms with Gasteiger partial charge in [-0.25, -0.2) is 4.98 Å². The SMILES string of the molecule is Cc1nc(CN(C)C(=O)CCC(C)(C)C)n[nH]1. The number of carbonyl (C=O) groups excluding carboxylic acids is 1. The molecule has 0 aromatic carbocycles. The van der Waals surface area contributed by atoms with E-state index in [0.717, 1.165) is 12.2 Å². The molecule has 0 bridgehead atoms. The van der Waals surface area contributed by atoms with E-state index in [-0.39, 0.29) is 11.3 Å². The zero-order valence-electron chi connectivity index (χ0n) is 11.4. The van der Waals surface area contributed by atoms with Crippen molar-refractivity contribution in [2.24, 2.45) is 5.41 Å². The molecule has 1 amide bonds. The third-order valence-corrected chi connectivity index (χ3v) is 2.54. The van der Waals surface area contributed by atoms with Crippen LogP contribution in [0.5, 0.6) is 0 Å². The van der Waals surface area contributed by atoms with Gasteiger partial charge in [-0.15, -0.1) is 0 Å². The van der Waals surface area contributed by atoms with Crippen molar-refractivity contribution in [1.82, 2.24) is 20.1 Å². The van der Waals surface area contributed by atoms with E-state index in [2.05, 4.69) is 36.0 Å². The number of carbonyl (C=O) groups is 1. The number of H-pyrrole nitrogens is 1. The van der Waals surface area contributed by atoms with Gasteiger partial charge in [0, 0.05) is 13.5 Å². The van der Waals surface area contributed by atoms with Gasteiger partial charge in [-0.1, -0.05) is 20.8 Å². The molecule has 5 nitrogen and oxygen atoms in total. The lowest BCUT2D eigenvalue weighted by atomic mass is 9.90. The van der Waals surface area contributed by atoms with Crippen LogP contribution in [0, 0.1) is 12.3 Å². The van der Waals surface area contributed by atoms with E-state index in [4.69, 9.17) is 0 Å². The number of aryl methyl sites for hydroxylation is 1. The van der Waals surface area contributed by atoms with Crippen LogP contribution in [0.2, 0.25) is 0 Å². The maximum absolute atomic E-state index is 11.9. The summed E-state index contributed by atoms with van der Waals surface area (Å²) >= 11 is 0. The number of hydrogen-bond acceptors (Lipinski definition) is 3. The average molecular weight is 238 g/mol. The summed E-state index contributed by atoms with van der Waals surface area (Å²) in [5, 5.41) is 6.79. The van der Waals surface area contributed by atoms with Gasteiger partial charge in [0.05, 0.1) is 6.54 Å². The summed E-state index contributed by atoms with van der Waals surface area (Å²) in [5.41, 5.74) is 0.192. The van der Waals surface area contributed by atoms with Gasteiger partial charge in [0.2, 0.25) is 5.91 Å². The molecule has 0 fully saturated rings. The van der Waals surface area contributed by atoms with E-state index in [1.54, 1.807) is 11.9 Å². The first-order chi connectivity index (χ1) is 7.78. The molecule has 5 heteroatoms. The highest BCUT2D eigenvalue weighted by molar-refractivity contribution is 5.75. The van der Waals surface area contributed by atoms with E-state index >= 15 is 0 Å². The average Bonchev–Trinajstić information content (AvgIpc) is 2.59. The number of hydrogen-bond donors (Lipinski definition) is 1. The summed E-state index contributed by atoms with van der Waals surface area (Å²) in [6.45, 7) is 8.72. The number of amides is 1.